The summed E-state index contributed by atoms with van der Waals surface area (Å²) >= 11 is 0. The molecule has 2 N–H and O–H groups in total. The summed E-state index contributed by atoms with van der Waals surface area (Å²) in [5.41, 5.74) is 9.27. The molecule has 1 heteroatoms. The Balaban J connectivity index is 2.96. The largest absolute Gasteiger partial charge is 0.327 e. The lowest BCUT2D eigenvalue weighted by Crippen LogP contribution is -1.99. The minimum absolute atomic E-state index is 0.633. The van der Waals surface area contributed by atoms with Crippen LogP contribution in [-0.4, -0.2) is 6.54 Å². The zero-order valence-corrected chi connectivity index (χ0v) is 7.67. The fraction of sp³-hybridized carbons (Fsp3) is 0.273. The van der Waals surface area contributed by atoms with Crippen LogP contribution < -0.4 is 5.73 Å². The van der Waals surface area contributed by atoms with E-state index in [1.165, 1.54) is 16.7 Å². The number of rotatable bonds is 2. The van der Waals surface area contributed by atoms with Crippen LogP contribution >= 0.6 is 0 Å². The molecule has 1 rings (SSSR count). The van der Waals surface area contributed by atoms with Crippen LogP contribution in [-0.2, 0) is 0 Å². The highest BCUT2D eigenvalue weighted by Gasteiger charge is 1.92. The summed E-state index contributed by atoms with van der Waals surface area (Å²) in [5.74, 6) is 0. The topological polar surface area (TPSA) is 26.0 Å². The lowest BCUT2D eigenvalue weighted by molar-refractivity contribution is 1.15. The quantitative estimate of drug-likeness (QED) is 0.708. The van der Waals surface area contributed by atoms with E-state index < -0.39 is 0 Å². The number of nitrogens with two attached hydrogens (primary N) is 1. The fourth-order valence-corrected chi connectivity index (χ4v) is 1.07. The fourth-order valence-electron chi connectivity index (χ4n) is 1.07. The van der Waals surface area contributed by atoms with Crippen LogP contribution in [0.15, 0.2) is 29.8 Å². The molecule has 1 aromatic carbocycles. The Morgan fingerprint density at radius 2 is 2.08 bits per heavy atom. The van der Waals surface area contributed by atoms with Gasteiger partial charge in [-0.1, -0.05) is 35.9 Å². The van der Waals surface area contributed by atoms with Gasteiger partial charge in [-0.2, -0.15) is 0 Å². The van der Waals surface area contributed by atoms with Gasteiger partial charge >= 0.3 is 0 Å². The molecule has 0 fully saturated rings. The smallest absolute Gasteiger partial charge is 0.0137 e. The van der Waals surface area contributed by atoms with E-state index in [4.69, 9.17) is 5.73 Å². The van der Waals surface area contributed by atoms with Crippen LogP contribution in [0.3, 0.4) is 0 Å². The summed E-state index contributed by atoms with van der Waals surface area (Å²) in [7, 11) is 0. The maximum atomic E-state index is 5.50. The van der Waals surface area contributed by atoms with E-state index in [-0.39, 0.29) is 0 Å². The number of aryl methyl sites for hydroxylation is 1. The molecule has 0 aromatic heterocycles. The molecule has 0 radical (unpaired) electrons. The van der Waals surface area contributed by atoms with Gasteiger partial charge in [0.2, 0.25) is 0 Å². The first-order valence-electron chi connectivity index (χ1n) is 4.17. The Kier molecular flexibility index (Phi) is 3.06. The van der Waals surface area contributed by atoms with Crippen molar-refractivity contribution in [1.29, 1.82) is 0 Å². The highest BCUT2D eigenvalue weighted by Crippen LogP contribution is 2.10. The molecule has 0 spiro atoms. The molecule has 0 heterocycles. The molecule has 0 atom stereocenters. The summed E-state index contributed by atoms with van der Waals surface area (Å²) in [6, 6.07) is 8.30. The Hall–Kier alpha value is -1.08. The van der Waals surface area contributed by atoms with Crippen LogP contribution in [0.1, 0.15) is 18.1 Å². The maximum absolute atomic E-state index is 5.50. The zero-order chi connectivity index (χ0) is 8.97. The van der Waals surface area contributed by atoms with Gasteiger partial charge in [-0.15, -0.1) is 0 Å². The summed E-state index contributed by atoms with van der Waals surface area (Å²) in [6.07, 6.45) is 2.13. The molecular formula is C11H15N. The van der Waals surface area contributed by atoms with E-state index in [9.17, 15) is 0 Å². The van der Waals surface area contributed by atoms with Gasteiger partial charge in [-0.3, -0.25) is 0 Å². The minimum atomic E-state index is 0.633. The van der Waals surface area contributed by atoms with Crippen molar-refractivity contribution in [2.24, 2.45) is 5.73 Å². The summed E-state index contributed by atoms with van der Waals surface area (Å²) in [5, 5.41) is 0. The number of hydrogen-bond donors (Lipinski definition) is 1. The second-order valence-electron chi connectivity index (χ2n) is 3.05. The predicted molar refractivity (Wildman–Crippen MR) is 53.9 cm³/mol. The lowest BCUT2D eigenvalue weighted by Gasteiger charge is -2.00. The van der Waals surface area contributed by atoms with Gasteiger partial charge in [-0.05, 0) is 25.0 Å². The molecule has 0 saturated heterocycles. The van der Waals surface area contributed by atoms with Crippen molar-refractivity contribution in [3.8, 4) is 0 Å². The third kappa shape index (κ3) is 2.21. The molecule has 0 saturated carbocycles. The van der Waals surface area contributed by atoms with Gasteiger partial charge in [0.25, 0.3) is 0 Å². The number of hydrogen-bond acceptors (Lipinski definition) is 1. The van der Waals surface area contributed by atoms with E-state index in [1.807, 2.05) is 19.1 Å². The molecule has 0 amide bonds. The van der Waals surface area contributed by atoms with E-state index >= 15 is 0 Å². The molecule has 0 unspecified atom stereocenters. The molecule has 12 heavy (non-hydrogen) atoms. The Bertz CT molecular complexity index is 287. The molecule has 0 bridgehead atoms. The average molecular weight is 161 g/mol. The van der Waals surface area contributed by atoms with Crippen molar-refractivity contribution < 1.29 is 0 Å². The zero-order valence-electron chi connectivity index (χ0n) is 7.67. The highest BCUT2D eigenvalue weighted by molar-refractivity contribution is 5.56. The van der Waals surface area contributed by atoms with Crippen LogP contribution in [0.2, 0.25) is 0 Å². The molecule has 0 aliphatic rings. The van der Waals surface area contributed by atoms with Crippen molar-refractivity contribution in [2.45, 2.75) is 13.8 Å². The summed E-state index contributed by atoms with van der Waals surface area (Å²) < 4.78 is 0. The SMILES string of the molecule is CC(=Cc1ccccc1C)CN. The standard InChI is InChI=1S/C11H15N/c1-9(8-12)7-11-6-4-3-5-10(11)2/h3-7H,8,12H2,1-2H3. The molecule has 0 aliphatic heterocycles. The van der Waals surface area contributed by atoms with Crippen LogP contribution in [0, 0.1) is 6.92 Å². The van der Waals surface area contributed by atoms with Crippen molar-refractivity contribution in [3.05, 3.63) is 41.0 Å². The minimum Gasteiger partial charge on any atom is -0.327 e. The first-order chi connectivity index (χ1) is 5.74. The molecule has 64 valence electrons. The third-order valence-corrected chi connectivity index (χ3v) is 1.91. The first kappa shape index (κ1) is 9.01. The Morgan fingerprint density at radius 1 is 1.42 bits per heavy atom. The maximum Gasteiger partial charge on any atom is 0.0137 e. The van der Waals surface area contributed by atoms with Crippen LogP contribution in [0.4, 0.5) is 0 Å². The molecule has 0 aliphatic carbocycles. The third-order valence-electron chi connectivity index (χ3n) is 1.91. The van der Waals surface area contributed by atoms with E-state index in [2.05, 4.69) is 25.1 Å². The van der Waals surface area contributed by atoms with Gasteiger partial charge in [0.1, 0.15) is 0 Å². The first-order valence-corrected chi connectivity index (χ1v) is 4.17. The predicted octanol–water partition coefficient (Wildman–Crippen LogP) is 2.36. The Morgan fingerprint density at radius 3 is 2.67 bits per heavy atom. The molecule has 1 nitrogen and oxygen atoms in total. The normalized spacial score (nSPS) is 11.8. The van der Waals surface area contributed by atoms with Crippen molar-refractivity contribution >= 4 is 6.08 Å². The summed E-state index contributed by atoms with van der Waals surface area (Å²) in [6.45, 7) is 4.79. The van der Waals surface area contributed by atoms with Crippen LogP contribution in [0.25, 0.3) is 6.08 Å². The van der Waals surface area contributed by atoms with E-state index in [1.54, 1.807) is 0 Å². The summed E-state index contributed by atoms with van der Waals surface area (Å²) in [4.78, 5) is 0. The second kappa shape index (κ2) is 4.07. The van der Waals surface area contributed by atoms with E-state index in [0.29, 0.717) is 6.54 Å². The van der Waals surface area contributed by atoms with Gasteiger partial charge in [-0.25, -0.2) is 0 Å². The van der Waals surface area contributed by atoms with Gasteiger partial charge in [0.05, 0.1) is 0 Å². The van der Waals surface area contributed by atoms with Gasteiger partial charge in [0.15, 0.2) is 0 Å². The number of benzene rings is 1. The second-order valence-corrected chi connectivity index (χ2v) is 3.05. The molecule has 1 aromatic rings. The van der Waals surface area contributed by atoms with E-state index in [0.717, 1.165) is 0 Å². The highest BCUT2D eigenvalue weighted by atomic mass is 14.5. The van der Waals surface area contributed by atoms with Crippen molar-refractivity contribution in [2.75, 3.05) is 6.54 Å². The average Bonchev–Trinajstić information content (AvgIpc) is 2.09. The van der Waals surface area contributed by atoms with Gasteiger partial charge < -0.3 is 5.73 Å². The molecular weight excluding hydrogens is 146 g/mol. The lowest BCUT2D eigenvalue weighted by atomic mass is 10.1. The van der Waals surface area contributed by atoms with Crippen molar-refractivity contribution in [3.63, 3.8) is 0 Å². The monoisotopic (exact) mass is 161 g/mol. The van der Waals surface area contributed by atoms with Crippen molar-refractivity contribution in [1.82, 2.24) is 0 Å². The Labute approximate surface area is 73.9 Å². The van der Waals surface area contributed by atoms with Crippen LogP contribution in [0.5, 0.6) is 0 Å². The van der Waals surface area contributed by atoms with Gasteiger partial charge in [0, 0.05) is 6.54 Å².